The van der Waals surface area contributed by atoms with Crippen LogP contribution in [0.1, 0.15) is 26.3 Å². The number of carbonyl (C=O) groups excluding carboxylic acids is 3. The lowest BCUT2D eigenvalue weighted by molar-refractivity contribution is -0.385. The van der Waals surface area contributed by atoms with E-state index in [-0.39, 0.29) is 23.4 Å². The third-order valence-electron chi connectivity index (χ3n) is 3.66. The molecule has 9 heteroatoms. The van der Waals surface area contributed by atoms with Gasteiger partial charge in [0.15, 0.2) is 0 Å². The quantitative estimate of drug-likeness (QED) is 0.454. The molecule has 140 valence electrons. The van der Waals surface area contributed by atoms with Crippen LogP contribution in [-0.2, 0) is 9.53 Å². The molecule has 2 aromatic rings. The lowest BCUT2D eigenvalue weighted by Gasteiger charge is -2.08. The summed E-state index contributed by atoms with van der Waals surface area (Å²) in [7, 11) is 1.21. The second-order valence-corrected chi connectivity index (χ2v) is 5.55. The van der Waals surface area contributed by atoms with Gasteiger partial charge in [-0.15, -0.1) is 0 Å². The number of carbonyl (C=O) groups is 3. The number of rotatable bonds is 6. The molecule has 0 atom stereocenters. The van der Waals surface area contributed by atoms with Crippen molar-refractivity contribution in [2.45, 2.75) is 6.92 Å². The molecule has 0 heterocycles. The Balaban J connectivity index is 2.10. The Hall–Kier alpha value is -3.75. The molecule has 0 saturated carbocycles. The second kappa shape index (κ2) is 8.56. The normalized spacial score (nSPS) is 10.0. The first-order valence-electron chi connectivity index (χ1n) is 7.83. The third kappa shape index (κ3) is 5.11. The van der Waals surface area contributed by atoms with Crippen LogP contribution in [-0.4, -0.2) is 36.4 Å². The molecule has 9 nitrogen and oxygen atoms in total. The molecule has 2 rings (SSSR count). The Morgan fingerprint density at radius 1 is 1.07 bits per heavy atom. The average Bonchev–Trinajstić information content (AvgIpc) is 2.65. The zero-order chi connectivity index (χ0) is 20.0. The van der Waals surface area contributed by atoms with Crippen LogP contribution in [0.25, 0.3) is 0 Å². The van der Waals surface area contributed by atoms with Crippen molar-refractivity contribution in [3.05, 3.63) is 69.3 Å². The molecule has 0 unspecified atom stereocenters. The lowest BCUT2D eigenvalue weighted by Crippen LogP contribution is -2.30. The molecule has 27 heavy (non-hydrogen) atoms. The number of aryl methyl sites for hydroxylation is 1. The fourth-order valence-electron chi connectivity index (χ4n) is 2.27. The van der Waals surface area contributed by atoms with Crippen molar-refractivity contribution in [1.82, 2.24) is 5.32 Å². The second-order valence-electron chi connectivity index (χ2n) is 5.55. The minimum Gasteiger partial charge on any atom is -0.468 e. The van der Waals surface area contributed by atoms with Gasteiger partial charge in [-0.2, -0.15) is 0 Å². The minimum atomic E-state index is -0.582. The number of hydrogen-bond acceptors (Lipinski definition) is 6. The summed E-state index contributed by atoms with van der Waals surface area (Å²) in [5, 5.41) is 15.9. The fourth-order valence-corrected chi connectivity index (χ4v) is 2.27. The molecular weight excluding hydrogens is 354 g/mol. The van der Waals surface area contributed by atoms with E-state index in [1.54, 1.807) is 19.1 Å². The zero-order valence-electron chi connectivity index (χ0n) is 14.6. The smallest absolute Gasteiger partial charge is 0.325 e. The maximum atomic E-state index is 12.3. The van der Waals surface area contributed by atoms with Crippen molar-refractivity contribution in [3.8, 4) is 0 Å². The van der Waals surface area contributed by atoms with Gasteiger partial charge in [0.25, 0.3) is 17.5 Å². The summed E-state index contributed by atoms with van der Waals surface area (Å²) in [5.74, 6) is -1.55. The predicted molar refractivity (Wildman–Crippen MR) is 96.6 cm³/mol. The van der Waals surface area contributed by atoms with Gasteiger partial charge in [0, 0.05) is 28.4 Å². The molecule has 0 aromatic heterocycles. The van der Waals surface area contributed by atoms with Crippen LogP contribution >= 0.6 is 0 Å². The first-order valence-corrected chi connectivity index (χ1v) is 7.83. The van der Waals surface area contributed by atoms with Gasteiger partial charge in [0.05, 0.1) is 12.0 Å². The number of nitrogens with zero attached hydrogens (tertiary/aromatic N) is 1. The molecule has 2 N–H and O–H groups in total. The van der Waals surface area contributed by atoms with E-state index in [0.717, 1.165) is 0 Å². The number of methoxy groups -OCH3 is 1. The highest BCUT2D eigenvalue weighted by Gasteiger charge is 2.15. The number of nitrogens with one attached hydrogen (secondary N) is 2. The van der Waals surface area contributed by atoms with E-state index >= 15 is 0 Å². The number of anilines is 1. The molecule has 0 aliphatic rings. The molecule has 0 aliphatic heterocycles. The zero-order valence-corrected chi connectivity index (χ0v) is 14.6. The Morgan fingerprint density at radius 2 is 1.78 bits per heavy atom. The van der Waals surface area contributed by atoms with Crippen LogP contribution in [0.3, 0.4) is 0 Å². The maximum absolute atomic E-state index is 12.3. The summed E-state index contributed by atoms with van der Waals surface area (Å²) in [5.41, 5.74) is 1.15. The summed E-state index contributed by atoms with van der Waals surface area (Å²) in [6, 6.07) is 10.2. The molecule has 0 saturated heterocycles. The van der Waals surface area contributed by atoms with Gasteiger partial charge in [0.2, 0.25) is 0 Å². The highest BCUT2D eigenvalue weighted by molar-refractivity contribution is 6.05. The molecule has 0 fully saturated rings. The van der Waals surface area contributed by atoms with Gasteiger partial charge in [-0.1, -0.05) is 6.07 Å². The summed E-state index contributed by atoms with van der Waals surface area (Å²) < 4.78 is 4.44. The standard InChI is InChI=1S/C18H17N3O6/c1-11-8-13(6-7-15(11)21(25)26)18(24)20-14-5-3-4-12(9-14)17(23)19-10-16(22)27-2/h3-9H,10H2,1-2H3,(H,19,23)(H,20,24). The number of benzene rings is 2. The molecular formula is C18H17N3O6. The van der Waals surface area contributed by atoms with Crippen molar-refractivity contribution in [3.63, 3.8) is 0 Å². The van der Waals surface area contributed by atoms with Gasteiger partial charge in [-0.05, 0) is 37.3 Å². The Morgan fingerprint density at radius 3 is 2.41 bits per heavy atom. The van der Waals surface area contributed by atoms with Crippen LogP contribution in [0.15, 0.2) is 42.5 Å². The largest absolute Gasteiger partial charge is 0.468 e. The summed E-state index contributed by atoms with van der Waals surface area (Å²) in [6.45, 7) is 1.27. The van der Waals surface area contributed by atoms with Gasteiger partial charge in [-0.25, -0.2) is 0 Å². The maximum Gasteiger partial charge on any atom is 0.325 e. The fraction of sp³-hybridized carbons (Fsp3) is 0.167. The molecule has 0 aliphatic carbocycles. The van der Waals surface area contributed by atoms with Gasteiger partial charge < -0.3 is 15.4 Å². The number of nitro groups is 1. The predicted octanol–water partition coefficient (Wildman–Crippen LogP) is 2.06. The third-order valence-corrected chi connectivity index (χ3v) is 3.66. The van der Waals surface area contributed by atoms with E-state index < -0.39 is 22.7 Å². The van der Waals surface area contributed by atoms with E-state index in [1.165, 1.54) is 37.4 Å². The minimum absolute atomic E-state index is 0.0733. The Bertz CT molecular complexity index is 910. The SMILES string of the molecule is COC(=O)CNC(=O)c1cccc(NC(=O)c2ccc([N+](=O)[O-])c(C)c2)c1. The van der Waals surface area contributed by atoms with Crippen molar-refractivity contribution >= 4 is 29.2 Å². The lowest BCUT2D eigenvalue weighted by atomic mass is 10.1. The van der Waals surface area contributed by atoms with Gasteiger partial charge in [0.1, 0.15) is 6.54 Å². The van der Waals surface area contributed by atoms with Crippen LogP contribution in [0.5, 0.6) is 0 Å². The van der Waals surface area contributed by atoms with E-state index in [4.69, 9.17) is 0 Å². The van der Waals surface area contributed by atoms with Crippen molar-refractivity contribution in [2.24, 2.45) is 0 Å². The summed E-state index contributed by atoms with van der Waals surface area (Å²) >= 11 is 0. The van der Waals surface area contributed by atoms with Crippen LogP contribution < -0.4 is 10.6 Å². The highest BCUT2D eigenvalue weighted by Crippen LogP contribution is 2.20. The van der Waals surface area contributed by atoms with Crippen molar-refractivity contribution in [2.75, 3.05) is 19.0 Å². The molecule has 0 radical (unpaired) electrons. The van der Waals surface area contributed by atoms with Crippen LogP contribution in [0, 0.1) is 17.0 Å². The molecule has 0 bridgehead atoms. The highest BCUT2D eigenvalue weighted by atomic mass is 16.6. The van der Waals surface area contributed by atoms with Gasteiger partial charge >= 0.3 is 5.97 Å². The number of esters is 1. The Kier molecular flexibility index (Phi) is 6.21. The average molecular weight is 371 g/mol. The summed E-state index contributed by atoms with van der Waals surface area (Å²) in [4.78, 5) is 45.8. The number of hydrogen-bond donors (Lipinski definition) is 2. The first kappa shape index (κ1) is 19.6. The number of ether oxygens (including phenoxy) is 1. The number of amides is 2. The molecule has 0 spiro atoms. The van der Waals surface area contributed by atoms with Crippen LogP contribution in [0.4, 0.5) is 11.4 Å². The van der Waals surface area contributed by atoms with Crippen molar-refractivity contribution < 1.29 is 24.0 Å². The van der Waals surface area contributed by atoms with Crippen molar-refractivity contribution in [1.29, 1.82) is 0 Å². The van der Waals surface area contributed by atoms with E-state index in [1.807, 2.05) is 0 Å². The molecule has 2 amide bonds. The number of nitro benzene ring substituents is 1. The topological polar surface area (TPSA) is 128 Å². The molecule has 2 aromatic carbocycles. The van der Waals surface area contributed by atoms with E-state index in [9.17, 15) is 24.5 Å². The van der Waals surface area contributed by atoms with Crippen LogP contribution in [0.2, 0.25) is 0 Å². The monoisotopic (exact) mass is 371 g/mol. The Labute approximate surface area is 154 Å². The van der Waals surface area contributed by atoms with Gasteiger partial charge in [-0.3, -0.25) is 24.5 Å². The summed E-state index contributed by atoms with van der Waals surface area (Å²) in [6.07, 6.45) is 0. The first-order chi connectivity index (χ1) is 12.8. The van der Waals surface area contributed by atoms with E-state index in [2.05, 4.69) is 15.4 Å². The van der Waals surface area contributed by atoms with E-state index in [0.29, 0.717) is 11.3 Å².